The second kappa shape index (κ2) is 3.48. The zero-order valence-electron chi connectivity index (χ0n) is 7.06. The van der Waals surface area contributed by atoms with Crippen LogP contribution in [0.3, 0.4) is 0 Å². The molecule has 1 unspecified atom stereocenters. The molecular formula is C9H12BrNS. The molecule has 0 aromatic carbocycles. The van der Waals surface area contributed by atoms with E-state index in [1.54, 1.807) is 4.88 Å². The van der Waals surface area contributed by atoms with E-state index < -0.39 is 0 Å². The van der Waals surface area contributed by atoms with E-state index in [4.69, 9.17) is 0 Å². The summed E-state index contributed by atoms with van der Waals surface area (Å²) in [6, 6.07) is 2.90. The van der Waals surface area contributed by atoms with Crippen LogP contribution in [0.2, 0.25) is 0 Å². The molecule has 0 fully saturated rings. The van der Waals surface area contributed by atoms with E-state index in [-0.39, 0.29) is 0 Å². The van der Waals surface area contributed by atoms with Crippen molar-refractivity contribution < 1.29 is 0 Å². The van der Waals surface area contributed by atoms with Gasteiger partial charge in [0.25, 0.3) is 0 Å². The molecule has 0 bridgehead atoms. The molecule has 0 amide bonds. The second-order valence-corrected chi connectivity index (χ2v) is 5.82. The summed E-state index contributed by atoms with van der Waals surface area (Å²) in [6.45, 7) is 3.38. The summed E-state index contributed by atoms with van der Waals surface area (Å²) < 4.78 is 1.28. The fourth-order valence-corrected chi connectivity index (χ4v) is 3.43. The summed E-state index contributed by atoms with van der Waals surface area (Å²) in [7, 11) is 0. The first-order chi connectivity index (χ1) is 5.75. The highest BCUT2D eigenvalue weighted by Crippen LogP contribution is 2.29. The van der Waals surface area contributed by atoms with Gasteiger partial charge in [-0.1, -0.05) is 0 Å². The Labute approximate surface area is 85.3 Å². The maximum atomic E-state index is 3.54. The molecule has 2 heterocycles. The Bertz CT molecular complexity index is 282. The maximum Gasteiger partial charge on any atom is 0.0704 e. The molecule has 0 aliphatic carbocycles. The van der Waals surface area contributed by atoms with Gasteiger partial charge in [-0.2, -0.15) is 0 Å². The average molecular weight is 246 g/mol. The van der Waals surface area contributed by atoms with Gasteiger partial charge in [-0.25, -0.2) is 0 Å². The van der Waals surface area contributed by atoms with Gasteiger partial charge in [0.1, 0.15) is 0 Å². The molecule has 0 saturated carbocycles. The third-order valence-electron chi connectivity index (χ3n) is 2.24. The van der Waals surface area contributed by atoms with Crippen molar-refractivity contribution >= 4 is 27.3 Å². The number of hydrogen-bond acceptors (Lipinski definition) is 2. The lowest BCUT2D eigenvalue weighted by Crippen LogP contribution is -2.27. The van der Waals surface area contributed by atoms with Gasteiger partial charge in [-0.3, -0.25) is 0 Å². The van der Waals surface area contributed by atoms with E-state index in [1.807, 2.05) is 11.3 Å². The highest BCUT2D eigenvalue weighted by Gasteiger charge is 2.14. The molecule has 1 aromatic rings. The molecule has 12 heavy (non-hydrogen) atoms. The molecule has 2 rings (SSSR count). The van der Waals surface area contributed by atoms with Crippen molar-refractivity contribution in [1.82, 2.24) is 5.32 Å². The SMILES string of the molecule is CC1Cc2cc(Br)sc2CCN1. The second-order valence-electron chi connectivity index (χ2n) is 3.31. The van der Waals surface area contributed by atoms with Gasteiger partial charge in [-0.05, 0) is 47.3 Å². The molecule has 1 aromatic heterocycles. The minimum absolute atomic E-state index is 0.632. The fourth-order valence-electron chi connectivity index (χ4n) is 1.65. The molecular weight excluding hydrogens is 234 g/mol. The number of fused-ring (bicyclic) bond motifs is 1. The Kier molecular flexibility index (Phi) is 2.53. The molecule has 0 spiro atoms. The van der Waals surface area contributed by atoms with Crippen LogP contribution in [-0.2, 0) is 12.8 Å². The Morgan fingerprint density at radius 1 is 1.67 bits per heavy atom. The summed E-state index contributed by atoms with van der Waals surface area (Å²) in [5.41, 5.74) is 1.53. The van der Waals surface area contributed by atoms with Crippen LogP contribution in [0.5, 0.6) is 0 Å². The van der Waals surface area contributed by atoms with Gasteiger partial charge in [0.05, 0.1) is 3.79 Å². The van der Waals surface area contributed by atoms with Crippen molar-refractivity contribution in [2.24, 2.45) is 0 Å². The first-order valence-corrected chi connectivity index (χ1v) is 5.87. The molecule has 1 aliphatic rings. The summed E-state index contributed by atoms with van der Waals surface area (Å²) in [5.74, 6) is 0. The van der Waals surface area contributed by atoms with E-state index >= 15 is 0 Å². The van der Waals surface area contributed by atoms with Crippen LogP contribution in [0.15, 0.2) is 9.85 Å². The van der Waals surface area contributed by atoms with Crippen molar-refractivity contribution in [3.05, 3.63) is 20.3 Å². The van der Waals surface area contributed by atoms with Crippen LogP contribution in [0.4, 0.5) is 0 Å². The molecule has 0 radical (unpaired) electrons. The predicted octanol–water partition coefficient (Wildman–Crippen LogP) is 2.59. The number of hydrogen-bond donors (Lipinski definition) is 1. The minimum atomic E-state index is 0.632. The van der Waals surface area contributed by atoms with Gasteiger partial charge < -0.3 is 5.32 Å². The zero-order chi connectivity index (χ0) is 8.55. The van der Waals surface area contributed by atoms with E-state index in [0.717, 1.165) is 6.54 Å². The number of thiophene rings is 1. The Hall–Kier alpha value is 0.140. The first-order valence-electron chi connectivity index (χ1n) is 4.26. The van der Waals surface area contributed by atoms with Crippen LogP contribution in [0.25, 0.3) is 0 Å². The lowest BCUT2D eigenvalue weighted by atomic mass is 10.1. The Morgan fingerprint density at radius 3 is 3.33 bits per heavy atom. The van der Waals surface area contributed by atoms with Gasteiger partial charge in [0.2, 0.25) is 0 Å². The number of nitrogens with one attached hydrogen (secondary N) is 1. The van der Waals surface area contributed by atoms with Gasteiger partial charge in [0, 0.05) is 17.5 Å². The van der Waals surface area contributed by atoms with Crippen molar-refractivity contribution in [3.63, 3.8) is 0 Å². The van der Waals surface area contributed by atoms with Gasteiger partial charge >= 0.3 is 0 Å². The smallest absolute Gasteiger partial charge is 0.0704 e. The maximum absolute atomic E-state index is 3.54. The minimum Gasteiger partial charge on any atom is -0.314 e. The van der Waals surface area contributed by atoms with Crippen LogP contribution >= 0.6 is 27.3 Å². The quantitative estimate of drug-likeness (QED) is 0.741. The number of rotatable bonds is 0. The average Bonchev–Trinajstić information content (AvgIpc) is 2.23. The molecule has 1 N–H and O–H groups in total. The lowest BCUT2D eigenvalue weighted by Gasteiger charge is -2.07. The molecule has 1 atom stereocenters. The highest BCUT2D eigenvalue weighted by atomic mass is 79.9. The van der Waals surface area contributed by atoms with Crippen LogP contribution in [-0.4, -0.2) is 12.6 Å². The summed E-state index contributed by atoms with van der Waals surface area (Å²) in [4.78, 5) is 1.55. The summed E-state index contributed by atoms with van der Waals surface area (Å²) >= 11 is 5.42. The van der Waals surface area contributed by atoms with E-state index in [2.05, 4.69) is 34.2 Å². The van der Waals surface area contributed by atoms with Crippen LogP contribution < -0.4 is 5.32 Å². The Balaban J connectivity index is 2.30. The largest absolute Gasteiger partial charge is 0.314 e. The fraction of sp³-hybridized carbons (Fsp3) is 0.556. The van der Waals surface area contributed by atoms with Crippen LogP contribution in [0.1, 0.15) is 17.4 Å². The highest BCUT2D eigenvalue weighted by molar-refractivity contribution is 9.11. The van der Waals surface area contributed by atoms with Crippen molar-refractivity contribution in [2.75, 3.05) is 6.54 Å². The first kappa shape index (κ1) is 8.73. The van der Waals surface area contributed by atoms with E-state index in [0.29, 0.717) is 6.04 Å². The molecule has 0 saturated heterocycles. The van der Waals surface area contributed by atoms with Crippen molar-refractivity contribution in [2.45, 2.75) is 25.8 Å². The third kappa shape index (κ3) is 1.73. The Morgan fingerprint density at radius 2 is 2.50 bits per heavy atom. The topological polar surface area (TPSA) is 12.0 Å². The van der Waals surface area contributed by atoms with E-state index in [9.17, 15) is 0 Å². The standard InChI is InChI=1S/C9H12BrNS/c1-6-4-7-5-9(10)12-8(7)2-3-11-6/h5-6,11H,2-4H2,1H3. The zero-order valence-corrected chi connectivity index (χ0v) is 9.46. The summed E-state index contributed by atoms with van der Waals surface area (Å²) in [6.07, 6.45) is 2.37. The van der Waals surface area contributed by atoms with Gasteiger partial charge in [-0.15, -0.1) is 11.3 Å². The molecule has 1 nitrogen and oxygen atoms in total. The van der Waals surface area contributed by atoms with E-state index in [1.165, 1.54) is 22.2 Å². The third-order valence-corrected chi connectivity index (χ3v) is 3.98. The lowest BCUT2D eigenvalue weighted by molar-refractivity contribution is 0.568. The number of halogens is 1. The molecule has 1 aliphatic heterocycles. The van der Waals surface area contributed by atoms with Crippen molar-refractivity contribution in [1.29, 1.82) is 0 Å². The monoisotopic (exact) mass is 245 g/mol. The normalized spacial score (nSPS) is 23.3. The van der Waals surface area contributed by atoms with Crippen molar-refractivity contribution in [3.8, 4) is 0 Å². The molecule has 66 valence electrons. The van der Waals surface area contributed by atoms with Gasteiger partial charge in [0.15, 0.2) is 0 Å². The predicted molar refractivity (Wildman–Crippen MR) is 56.9 cm³/mol. The molecule has 3 heteroatoms. The van der Waals surface area contributed by atoms with Crippen LogP contribution in [0, 0.1) is 0 Å². The summed E-state index contributed by atoms with van der Waals surface area (Å²) in [5, 5.41) is 3.49.